The highest BCUT2D eigenvalue weighted by atomic mass is 32.2. The molecule has 0 atom stereocenters. The van der Waals surface area contributed by atoms with Gasteiger partial charge in [0.25, 0.3) is 6.01 Å². The first-order valence-electron chi connectivity index (χ1n) is 8.89. The van der Waals surface area contributed by atoms with Crippen molar-refractivity contribution in [1.29, 1.82) is 0 Å². The summed E-state index contributed by atoms with van der Waals surface area (Å²) in [6.07, 6.45) is 0. The molecule has 27 heavy (non-hydrogen) atoms. The van der Waals surface area contributed by atoms with Crippen molar-refractivity contribution in [2.75, 3.05) is 38.5 Å². The summed E-state index contributed by atoms with van der Waals surface area (Å²) < 4.78 is 32.7. The van der Waals surface area contributed by atoms with Gasteiger partial charge in [-0.15, -0.1) is 0 Å². The van der Waals surface area contributed by atoms with Crippen LogP contribution in [0.5, 0.6) is 0 Å². The van der Waals surface area contributed by atoms with Crippen LogP contribution in [0.1, 0.15) is 5.56 Å². The Morgan fingerprint density at radius 2 is 1.74 bits per heavy atom. The van der Waals surface area contributed by atoms with Gasteiger partial charge in [-0.3, -0.25) is 0 Å². The van der Waals surface area contributed by atoms with Crippen LogP contribution in [0.15, 0.2) is 57.8 Å². The van der Waals surface area contributed by atoms with Crippen LogP contribution in [0.3, 0.4) is 0 Å². The third-order valence-corrected chi connectivity index (χ3v) is 6.67. The van der Waals surface area contributed by atoms with Gasteiger partial charge in [0, 0.05) is 32.7 Å². The number of benzene rings is 2. The zero-order valence-electron chi connectivity index (χ0n) is 15.1. The highest BCUT2D eigenvalue weighted by Crippen LogP contribution is 2.20. The van der Waals surface area contributed by atoms with Gasteiger partial charge in [-0.2, -0.15) is 9.29 Å². The number of oxazole rings is 1. The number of rotatable bonds is 5. The summed E-state index contributed by atoms with van der Waals surface area (Å²) in [7, 11) is -1.43. The summed E-state index contributed by atoms with van der Waals surface area (Å²) in [5.41, 5.74) is 2.48. The molecular weight excluding hydrogens is 364 g/mol. The van der Waals surface area contributed by atoms with E-state index >= 15 is 0 Å². The molecule has 0 saturated carbocycles. The van der Waals surface area contributed by atoms with Crippen molar-refractivity contribution in [3.63, 3.8) is 0 Å². The van der Waals surface area contributed by atoms with Crippen LogP contribution in [0, 0.1) is 0 Å². The van der Waals surface area contributed by atoms with Gasteiger partial charge in [-0.25, -0.2) is 8.42 Å². The van der Waals surface area contributed by atoms with E-state index in [0.29, 0.717) is 30.5 Å². The van der Waals surface area contributed by atoms with Crippen molar-refractivity contribution in [1.82, 2.24) is 14.2 Å². The Morgan fingerprint density at radius 1 is 1.04 bits per heavy atom. The standard InChI is InChI=1S/C19H22N4O3S/c1-22-10-12-23(13-11-22)27(24,25)16-8-6-15(7-9-16)14-20-19-21-17-4-2-3-5-18(17)26-19/h2-9H,10-14H2,1H3,(H,20,21). The predicted molar refractivity (Wildman–Crippen MR) is 104 cm³/mol. The monoisotopic (exact) mass is 386 g/mol. The molecule has 2 heterocycles. The van der Waals surface area contributed by atoms with E-state index in [2.05, 4.69) is 15.2 Å². The molecule has 1 N–H and O–H groups in total. The Balaban J connectivity index is 1.42. The second-order valence-electron chi connectivity index (χ2n) is 6.69. The van der Waals surface area contributed by atoms with Gasteiger partial charge >= 0.3 is 0 Å². The van der Waals surface area contributed by atoms with Crippen molar-refractivity contribution < 1.29 is 12.8 Å². The number of aromatic nitrogens is 1. The van der Waals surface area contributed by atoms with Crippen molar-refractivity contribution in [3.8, 4) is 0 Å². The molecule has 2 aromatic carbocycles. The predicted octanol–water partition coefficient (Wildman–Crippen LogP) is 2.38. The summed E-state index contributed by atoms with van der Waals surface area (Å²) in [6.45, 7) is 3.07. The maximum Gasteiger partial charge on any atom is 0.295 e. The van der Waals surface area contributed by atoms with E-state index in [1.165, 1.54) is 0 Å². The normalized spacial score (nSPS) is 16.6. The molecule has 3 aromatic rings. The lowest BCUT2D eigenvalue weighted by Crippen LogP contribution is -2.46. The lowest BCUT2D eigenvalue weighted by Gasteiger charge is -2.31. The number of likely N-dealkylation sites (N-methyl/N-ethyl adjacent to an activating group) is 1. The molecule has 1 aromatic heterocycles. The molecule has 0 aliphatic carbocycles. The average Bonchev–Trinajstić information content (AvgIpc) is 3.10. The van der Waals surface area contributed by atoms with Crippen LogP contribution in [-0.4, -0.2) is 55.8 Å². The zero-order valence-corrected chi connectivity index (χ0v) is 15.9. The third-order valence-electron chi connectivity index (χ3n) is 4.76. The van der Waals surface area contributed by atoms with Crippen LogP contribution >= 0.6 is 0 Å². The minimum absolute atomic E-state index is 0.331. The summed E-state index contributed by atoms with van der Waals surface area (Å²) in [4.78, 5) is 6.83. The molecule has 0 spiro atoms. The van der Waals surface area contributed by atoms with Crippen molar-refractivity contribution in [3.05, 3.63) is 54.1 Å². The lowest BCUT2D eigenvalue weighted by atomic mass is 10.2. The zero-order chi connectivity index (χ0) is 18.9. The van der Waals surface area contributed by atoms with E-state index < -0.39 is 10.0 Å². The van der Waals surface area contributed by atoms with E-state index in [1.54, 1.807) is 16.4 Å². The summed E-state index contributed by atoms with van der Waals surface area (Å²) in [5.74, 6) is 0. The Bertz CT molecular complexity index is 990. The minimum Gasteiger partial charge on any atom is -0.424 e. The van der Waals surface area contributed by atoms with Gasteiger partial charge in [0.05, 0.1) is 4.90 Å². The van der Waals surface area contributed by atoms with Crippen LogP contribution in [0.4, 0.5) is 6.01 Å². The topological polar surface area (TPSA) is 78.7 Å². The van der Waals surface area contributed by atoms with E-state index in [9.17, 15) is 8.42 Å². The summed E-state index contributed by atoms with van der Waals surface area (Å²) >= 11 is 0. The Kier molecular flexibility index (Phi) is 4.86. The number of nitrogens with one attached hydrogen (secondary N) is 1. The lowest BCUT2D eigenvalue weighted by molar-refractivity contribution is 0.222. The van der Waals surface area contributed by atoms with Gasteiger partial charge in [-0.05, 0) is 36.9 Å². The average molecular weight is 386 g/mol. The highest BCUT2D eigenvalue weighted by molar-refractivity contribution is 7.89. The molecule has 0 radical (unpaired) electrons. The number of hydrogen-bond acceptors (Lipinski definition) is 6. The molecule has 1 saturated heterocycles. The van der Waals surface area contributed by atoms with E-state index in [-0.39, 0.29) is 0 Å². The quantitative estimate of drug-likeness (QED) is 0.725. The van der Waals surface area contributed by atoms with Crippen LogP contribution in [-0.2, 0) is 16.6 Å². The van der Waals surface area contributed by atoms with Gasteiger partial charge < -0.3 is 14.6 Å². The summed E-state index contributed by atoms with van der Waals surface area (Å²) in [5, 5.41) is 3.13. The largest absolute Gasteiger partial charge is 0.424 e. The first-order chi connectivity index (χ1) is 13.0. The summed E-state index contributed by atoms with van der Waals surface area (Å²) in [6, 6.07) is 15.0. The van der Waals surface area contributed by atoms with E-state index in [4.69, 9.17) is 4.42 Å². The SMILES string of the molecule is CN1CCN(S(=O)(=O)c2ccc(CNc3nc4ccccc4o3)cc2)CC1. The molecule has 1 fully saturated rings. The van der Waals surface area contributed by atoms with Gasteiger partial charge in [0.2, 0.25) is 10.0 Å². The smallest absolute Gasteiger partial charge is 0.295 e. The Labute approximate surface area is 158 Å². The van der Waals surface area contributed by atoms with Gasteiger partial charge in [0.15, 0.2) is 5.58 Å². The number of piperazine rings is 1. The highest BCUT2D eigenvalue weighted by Gasteiger charge is 2.27. The number of para-hydroxylation sites is 2. The van der Waals surface area contributed by atoms with Crippen molar-refractivity contribution in [2.24, 2.45) is 0 Å². The molecule has 0 unspecified atom stereocenters. The van der Waals surface area contributed by atoms with Crippen LogP contribution in [0.25, 0.3) is 11.1 Å². The fraction of sp³-hybridized carbons (Fsp3) is 0.316. The van der Waals surface area contributed by atoms with Gasteiger partial charge in [-0.1, -0.05) is 24.3 Å². The molecule has 4 rings (SSSR count). The maximum absolute atomic E-state index is 12.8. The number of nitrogens with zero attached hydrogens (tertiary/aromatic N) is 3. The van der Waals surface area contributed by atoms with Gasteiger partial charge in [0.1, 0.15) is 5.52 Å². The van der Waals surface area contributed by atoms with E-state index in [1.807, 2.05) is 43.4 Å². The Morgan fingerprint density at radius 3 is 2.44 bits per heavy atom. The third kappa shape index (κ3) is 3.83. The Hall–Kier alpha value is -2.42. The van der Waals surface area contributed by atoms with Crippen molar-refractivity contribution >= 4 is 27.1 Å². The second kappa shape index (κ2) is 7.30. The molecule has 1 aliphatic heterocycles. The number of hydrogen-bond donors (Lipinski definition) is 1. The second-order valence-corrected chi connectivity index (χ2v) is 8.63. The molecule has 0 amide bonds. The first kappa shape index (κ1) is 18.0. The molecule has 142 valence electrons. The van der Waals surface area contributed by atoms with Crippen molar-refractivity contribution in [2.45, 2.75) is 11.4 Å². The van der Waals surface area contributed by atoms with Crippen LogP contribution in [0.2, 0.25) is 0 Å². The molecule has 0 bridgehead atoms. The van der Waals surface area contributed by atoms with Crippen LogP contribution < -0.4 is 5.32 Å². The molecular formula is C19H22N4O3S. The fourth-order valence-electron chi connectivity index (χ4n) is 3.08. The molecule has 8 heteroatoms. The number of anilines is 1. The molecule has 1 aliphatic rings. The minimum atomic E-state index is -3.43. The maximum atomic E-state index is 12.8. The number of fused-ring (bicyclic) bond motifs is 1. The first-order valence-corrected chi connectivity index (χ1v) is 10.3. The van der Waals surface area contributed by atoms with E-state index in [0.717, 1.165) is 29.8 Å². The number of sulfonamides is 1. The molecule has 7 nitrogen and oxygen atoms in total. The fourth-order valence-corrected chi connectivity index (χ4v) is 4.50.